The highest BCUT2D eigenvalue weighted by Crippen LogP contribution is 2.32. The summed E-state index contributed by atoms with van der Waals surface area (Å²) < 4.78 is 0. The third-order valence-corrected chi connectivity index (χ3v) is 4.31. The molecule has 1 heterocycles. The summed E-state index contributed by atoms with van der Waals surface area (Å²) in [6, 6.07) is 6.69. The van der Waals surface area contributed by atoms with E-state index in [9.17, 15) is 0 Å². The van der Waals surface area contributed by atoms with E-state index in [1.54, 1.807) is 6.20 Å². The van der Waals surface area contributed by atoms with Gasteiger partial charge in [0.1, 0.15) is 0 Å². The van der Waals surface area contributed by atoms with Crippen LogP contribution in [0.25, 0.3) is 10.8 Å². The molecule has 0 aliphatic carbocycles. The molecule has 0 saturated carbocycles. The van der Waals surface area contributed by atoms with E-state index in [-0.39, 0.29) is 0 Å². The summed E-state index contributed by atoms with van der Waals surface area (Å²) in [5.41, 5.74) is 8.29. The summed E-state index contributed by atoms with van der Waals surface area (Å²) in [4.78, 5) is 6.43. The van der Waals surface area contributed by atoms with Crippen molar-refractivity contribution in [2.75, 3.05) is 29.7 Å². The maximum atomic E-state index is 6.33. The summed E-state index contributed by atoms with van der Waals surface area (Å²) in [5, 5.41) is 2.17. The zero-order chi connectivity index (χ0) is 13.8. The summed E-state index contributed by atoms with van der Waals surface area (Å²) in [5.74, 6) is 1.11. The molecule has 1 unspecified atom stereocenters. The Morgan fingerprint density at radius 1 is 1.37 bits per heavy atom. The summed E-state index contributed by atoms with van der Waals surface area (Å²) in [7, 11) is 2.13. The van der Waals surface area contributed by atoms with Gasteiger partial charge >= 0.3 is 0 Å². The van der Waals surface area contributed by atoms with Gasteiger partial charge in [0, 0.05) is 42.0 Å². The van der Waals surface area contributed by atoms with E-state index in [2.05, 4.69) is 42.2 Å². The highest BCUT2D eigenvalue weighted by Gasteiger charge is 2.16. The van der Waals surface area contributed by atoms with Crippen LogP contribution in [0.15, 0.2) is 30.6 Å². The summed E-state index contributed by atoms with van der Waals surface area (Å²) in [6.45, 7) is 2.22. The van der Waals surface area contributed by atoms with Gasteiger partial charge in [0.25, 0.3) is 0 Å². The highest BCUT2D eigenvalue weighted by atomic mass is 32.2. The fourth-order valence-electron chi connectivity index (χ4n) is 2.38. The molecule has 0 bridgehead atoms. The third-order valence-electron chi connectivity index (χ3n) is 3.60. The molecule has 1 aromatic heterocycles. The smallest absolute Gasteiger partial charge is 0.0632 e. The molecule has 2 N–H and O–H groups in total. The average Bonchev–Trinajstić information content (AvgIpc) is 2.45. The van der Waals surface area contributed by atoms with Crippen LogP contribution in [0.2, 0.25) is 0 Å². The Balaban J connectivity index is 2.42. The maximum Gasteiger partial charge on any atom is 0.0632 e. The van der Waals surface area contributed by atoms with Crippen LogP contribution in [-0.4, -0.2) is 30.1 Å². The SMILES string of the molecule is CCC(CSC)N(C)c1ccc2cnccc2c1N. The lowest BCUT2D eigenvalue weighted by molar-refractivity contribution is 0.674. The minimum Gasteiger partial charge on any atom is -0.397 e. The van der Waals surface area contributed by atoms with Gasteiger partial charge in [0.05, 0.1) is 11.4 Å². The number of thioether (sulfide) groups is 1. The van der Waals surface area contributed by atoms with Crippen LogP contribution in [0.4, 0.5) is 11.4 Å². The van der Waals surface area contributed by atoms with Crippen molar-refractivity contribution in [1.29, 1.82) is 0 Å². The van der Waals surface area contributed by atoms with E-state index in [0.29, 0.717) is 6.04 Å². The molecular weight excluding hydrogens is 254 g/mol. The Hall–Kier alpha value is -1.42. The molecule has 19 heavy (non-hydrogen) atoms. The third kappa shape index (κ3) is 2.78. The quantitative estimate of drug-likeness (QED) is 0.849. The minimum atomic E-state index is 0.511. The van der Waals surface area contributed by atoms with Gasteiger partial charge in [-0.1, -0.05) is 13.0 Å². The summed E-state index contributed by atoms with van der Waals surface area (Å²) >= 11 is 1.87. The van der Waals surface area contributed by atoms with E-state index in [4.69, 9.17) is 5.73 Å². The minimum absolute atomic E-state index is 0.511. The Bertz CT molecular complexity index is 556. The number of aromatic nitrogens is 1. The molecule has 3 nitrogen and oxygen atoms in total. The lowest BCUT2D eigenvalue weighted by Gasteiger charge is -2.30. The zero-order valence-corrected chi connectivity index (χ0v) is 12.6. The lowest BCUT2D eigenvalue weighted by Crippen LogP contribution is -2.33. The zero-order valence-electron chi connectivity index (χ0n) is 11.8. The predicted molar refractivity (Wildman–Crippen MR) is 87.0 cm³/mol. The van der Waals surface area contributed by atoms with Crippen molar-refractivity contribution in [3.05, 3.63) is 30.6 Å². The van der Waals surface area contributed by atoms with E-state index in [0.717, 1.165) is 34.3 Å². The molecule has 2 aromatic rings. The van der Waals surface area contributed by atoms with Crippen LogP contribution in [0.5, 0.6) is 0 Å². The van der Waals surface area contributed by atoms with Crippen molar-refractivity contribution in [3.63, 3.8) is 0 Å². The van der Waals surface area contributed by atoms with Crippen LogP contribution in [0.3, 0.4) is 0 Å². The van der Waals surface area contributed by atoms with E-state index in [1.165, 1.54) is 0 Å². The number of hydrogen-bond donors (Lipinski definition) is 1. The van der Waals surface area contributed by atoms with Crippen LogP contribution in [0.1, 0.15) is 13.3 Å². The molecule has 0 radical (unpaired) electrons. The molecule has 1 atom stereocenters. The molecule has 0 spiro atoms. The van der Waals surface area contributed by atoms with Gasteiger partial charge in [-0.25, -0.2) is 0 Å². The number of anilines is 2. The molecular formula is C15H21N3S. The Morgan fingerprint density at radius 3 is 2.84 bits per heavy atom. The predicted octanol–water partition coefficient (Wildman–Crippen LogP) is 3.39. The van der Waals surface area contributed by atoms with Gasteiger partial charge in [-0.3, -0.25) is 4.98 Å². The molecule has 0 aliphatic heterocycles. The molecule has 102 valence electrons. The molecule has 0 saturated heterocycles. The highest BCUT2D eigenvalue weighted by molar-refractivity contribution is 7.98. The lowest BCUT2D eigenvalue weighted by atomic mass is 10.1. The molecule has 4 heteroatoms. The second-order valence-electron chi connectivity index (χ2n) is 4.72. The van der Waals surface area contributed by atoms with Crippen molar-refractivity contribution in [1.82, 2.24) is 4.98 Å². The Labute approximate surface area is 119 Å². The van der Waals surface area contributed by atoms with Gasteiger partial charge in [0.15, 0.2) is 0 Å². The molecule has 0 amide bonds. The average molecular weight is 275 g/mol. The van der Waals surface area contributed by atoms with Crippen LogP contribution >= 0.6 is 11.8 Å². The van der Waals surface area contributed by atoms with Crippen LogP contribution in [0, 0.1) is 0 Å². The Morgan fingerprint density at radius 2 is 2.16 bits per heavy atom. The van der Waals surface area contributed by atoms with Gasteiger partial charge in [-0.15, -0.1) is 0 Å². The van der Waals surface area contributed by atoms with Gasteiger partial charge < -0.3 is 10.6 Å². The van der Waals surface area contributed by atoms with Gasteiger partial charge in [-0.05, 0) is 24.8 Å². The molecule has 2 rings (SSSR count). The first-order valence-electron chi connectivity index (χ1n) is 6.53. The second kappa shape index (κ2) is 6.15. The molecule has 1 aromatic carbocycles. The number of nitrogens with two attached hydrogens (primary N) is 1. The van der Waals surface area contributed by atoms with Crippen molar-refractivity contribution in [2.24, 2.45) is 0 Å². The number of benzene rings is 1. The molecule has 0 aliphatic rings. The number of rotatable bonds is 5. The largest absolute Gasteiger partial charge is 0.397 e. The Kier molecular flexibility index (Phi) is 4.53. The fourth-order valence-corrected chi connectivity index (χ4v) is 3.23. The monoisotopic (exact) mass is 275 g/mol. The van der Waals surface area contributed by atoms with E-state index >= 15 is 0 Å². The van der Waals surface area contributed by atoms with E-state index in [1.807, 2.05) is 24.0 Å². The summed E-state index contributed by atoms with van der Waals surface area (Å²) in [6.07, 6.45) is 6.91. The van der Waals surface area contributed by atoms with Crippen molar-refractivity contribution in [3.8, 4) is 0 Å². The number of fused-ring (bicyclic) bond motifs is 1. The van der Waals surface area contributed by atoms with Crippen molar-refractivity contribution in [2.45, 2.75) is 19.4 Å². The van der Waals surface area contributed by atoms with Crippen LogP contribution in [-0.2, 0) is 0 Å². The first-order chi connectivity index (χ1) is 9.19. The van der Waals surface area contributed by atoms with Gasteiger partial charge in [0.2, 0.25) is 0 Å². The van der Waals surface area contributed by atoms with Crippen molar-refractivity contribution >= 4 is 33.9 Å². The van der Waals surface area contributed by atoms with Gasteiger partial charge in [-0.2, -0.15) is 11.8 Å². The van der Waals surface area contributed by atoms with Crippen LogP contribution < -0.4 is 10.6 Å². The number of hydrogen-bond acceptors (Lipinski definition) is 4. The van der Waals surface area contributed by atoms with E-state index < -0.39 is 0 Å². The normalized spacial score (nSPS) is 12.6. The number of nitrogens with zero attached hydrogens (tertiary/aromatic N) is 2. The maximum absolute atomic E-state index is 6.33. The first-order valence-corrected chi connectivity index (χ1v) is 7.92. The topological polar surface area (TPSA) is 42.2 Å². The fraction of sp³-hybridized carbons (Fsp3) is 0.400. The molecule has 0 fully saturated rings. The standard InChI is InChI=1S/C15H21N3S/c1-4-12(10-19-3)18(2)14-6-5-11-9-17-8-7-13(11)15(14)16/h5-9,12H,4,10,16H2,1-3H3. The number of nitrogen functional groups attached to an aromatic ring is 1. The second-order valence-corrected chi connectivity index (χ2v) is 5.63. The first kappa shape index (κ1) is 14.0. The number of pyridine rings is 1. The van der Waals surface area contributed by atoms with Crippen molar-refractivity contribution < 1.29 is 0 Å².